The van der Waals surface area contributed by atoms with Crippen LogP contribution in [0, 0.1) is 4.81 Å². The van der Waals surface area contributed by atoms with Gasteiger partial charge >= 0.3 is 0 Å². The van der Waals surface area contributed by atoms with E-state index >= 15 is 0 Å². The largest absolute Gasteiger partial charge is 0.0610 e. The molecule has 0 heterocycles. The molecule has 0 N–H and O–H groups in total. The van der Waals surface area contributed by atoms with Crippen LogP contribution in [0.1, 0.15) is 0 Å². The Morgan fingerprint density at radius 2 is 1.47 bits per heavy atom. The van der Waals surface area contributed by atoms with Crippen LogP contribution in [0.25, 0.3) is 21.5 Å². The van der Waals surface area contributed by atoms with E-state index < -0.39 is 0 Å². The van der Waals surface area contributed by atoms with E-state index in [4.69, 9.17) is 0 Å². The van der Waals surface area contributed by atoms with Gasteiger partial charge in [-0.15, -0.1) is 0 Å². The average molecular weight is 208 g/mol. The molecule has 0 aromatic heterocycles. The highest BCUT2D eigenvalue weighted by Crippen LogP contribution is 2.26. The predicted molar refractivity (Wildman–Crippen MR) is 68.9 cm³/mol. The first-order valence-corrected chi connectivity index (χ1v) is 7.00. The Hall–Kier alpha value is -1.47. The molecule has 72 valence electrons. The summed E-state index contributed by atoms with van der Waals surface area (Å²) in [6.07, 6.45) is 0. The van der Waals surface area contributed by atoms with Gasteiger partial charge in [-0.05, 0) is 26.4 Å². The maximum absolute atomic E-state index is 2.30. The maximum Gasteiger partial charge on any atom is 0.000312 e. The first kappa shape index (κ1) is 8.80. The van der Waals surface area contributed by atoms with Crippen LogP contribution in [0.4, 0.5) is 0 Å². The molecule has 0 bridgehead atoms. The van der Waals surface area contributed by atoms with E-state index in [1.54, 1.807) is 0 Å². The topological polar surface area (TPSA) is 0 Å². The van der Waals surface area contributed by atoms with E-state index in [1.807, 2.05) is 0 Å². The summed E-state index contributed by atoms with van der Waals surface area (Å²) in [7, 11) is 0.390. The van der Waals surface area contributed by atoms with Crippen molar-refractivity contribution in [2.45, 2.75) is 6.55 Å². The Labute approximate surface area is 91.0 Å². The SMILES string of the molecule is C[SiH]=c1ccc2cccc3cccc1c32. The van der Waals surface area contributed by atoms with E-state index in [1.165, 1.54) is 26.4 Å². The van der Waals surface area contributed by atoms with E-state index in [9.17, 15) is 0 Å². The van der Waals surface area contributed by atoms with E-state index in [2.05, 4.69) is 55.1 Å². The molecule has 3 aromatic carbocycles. The van der Waals surface area contributed by atoms with Crippen LogP contribution in [-0.4, -0.2) is 9.13 Å². The van der Waals surface area contributed by atoms with Gasteiger partial charge in [-0.2, -0.15) is 0 Å². The molecule has 0 aliphatic heterocycles. The fraction of sp³-hybridized carbons (Fsp3) is 0.0714. The maximum atomic E-state index is 2.30. The van der Waals surface area contributed by atoms with Gasteiger partial charge in [0.25, 0.3) is 0 Å². The van der Waals surface area contributed by atoms with Gasteiger partial charge in [0.2, 0.25) is 0 Å². The highest BCUT2D eigenvalue weighted by atomic mass is 28.2. The van der Waals surface area contributed by atoms with Crippen LogP contribution in [0.15, 0.2) is 48.5 Å². The van der Waals surface area contributed by atoms with Crippen LogP contribution in [0.2, 0.25) is 6.55 Å². The van der Waals surface area contributed by atoms with Gasteiger partial charge in [0, 0.05) is 9.13 Å². The second-order valence-electron chi connectivity index (χ2n) is 3.83. The van der Waals surface area contributed by atoms with Crippen molar-refractivity contribution in [3.05, 3.63) is 53.3 Å². The minimum Gasteiger partial charge on any atom is -0.0610 e. The third-order valence-corrected chi connectivity index (χ3v) is 4.13. The summed E-state index contributed by atoms with van der Waals surface area (Å²) < 4.78 is 0. The summed E-state index contributed by atoms with van der Waals surface area (Å²) in [5.74, 6) is 0. The van der Waals surface area contributed by atoms with Crippen LogP contribution < -0.4 is 0 Å². The Morgan fingerprint density at radius 3 is 2.20 bits per heavy atom. The van der Waals surface area contributed by atoms with Crippen molar-refractivity contribution in [1.29, 1.82) is 0 Å². The zero-order chi connectivity index (χ0) is 10.3. The normalized spacial score (nSPS) is 12.7. The summed E-state index contributed by atoms with van der Waals surface area (Å²) in [5.41, 5.74) is 0. The lowest BCUT2D eigenvalue weighted by Gasteiger charge is -2.05. The lowest BCUT2D eigenvalue weighted by atomic mass is 10.0. The molecule has 0 nitrogen and oxygen atoms in total. The second-order valence-corrected chi connectivity index (χ2v) is 5.03. The number of benzene rings is 3. The van der Waals surface area contributed by atoms with Crippen LogP contribution >= 0.6 is 0 Å². The molecule has 0 atom stereocenters. The van der Waals surface area contributed by atoms with Crippen molar-refractivity contribution in [3.8, 4) is 0 Å². The van der Waals surface area contributed by atoms with Crippen molar-refractivity contribution in [2.24, 2.45) is 0 Å². The van der Waals surface area contributed by atoms with E-state index in [0.29, 0.717) is 9.13 Å². The lowest BCUT2D eigenvalue weighted by Crippen LogP contribution is -1.82. The fourth-order valence-electron chi connectivity index (χ4n) is 2.27. The van der Waals surface area contributed by atoms with Crippen molar-refractivity contribution in [2.75, 3.05) is 0 Å². The second kappa shape index (κ2) is 3.28. The molecule has 0 unspecified atom stereocenters. The summed E-state index contributed by atoms with van der Waals surface area (Å²) in [5, 5.41) is 5.61. The summed E-state index contributed by atoms with van der Waals surface area (Å²) in [6, 6.07) is 17.7. The Bertz CT molecular complexity index is 660. The Morgan fingerprint density at radius 1 is 0.800 bits per heavy atom. The van der Waals surface area contributed by atoms with Gasteiger partial charge in [-0.25, -0.2) is 0 Å². The molecular formula is C14H12Si. The zero-order valence-corrected chi connectivity index (χ0v) is 9.85. The lowest BCUT2D eigenvalue weighted by molar-refractivity contribution is 1.74. The molecule has 0 amide bonds. The fourth-order valence-corrected chi connectivity index (χ4v) is 3.11. The van der Waals surface area contributed by atoms with Gasteiger partial charge in [-0.1, -0.05) is 55.1 Å². The average Bonchev–Trinajstić information content (AvgIpc) is 2.30. The molecule has 0 spiro atoms. The predicted octanol–water partition coefficient (Wildman–Crippen LogP) is 3.45. The number of rotatable bonds is 0. The zero-order valence-electron chi connectivity index (χ0n) is 8.70. The number of hydrogen-bond donors (Lipinski definition) is 0. The van der Waals surface area contributed by atoms with Crippen molar-refractivity contribution in [1.82, 2.24) is 0 Å². The van der Waals surface area contributed by atoms with Crippen molar-refractivity contribution in [3.63, 3.8) is 0 Å². The first-order valence-electron chi connectivity index (χ1n) is 5.26. The Balaban J connectivity index is 2.73. The summed E-state index contributed by atoms with van der Waals surface area (Å²) in [4.78, 5) is 1.53. The molecule has 1 heteroatoms. The smallest absolute Gasteiger partial charge is 0.000312 e. The van der Waals surface area contributed by atoms with Crippen LogP contribution in [0.5, 0.6) is 0 Å². The molecule has 0 saturated carbocycles. The van der Waals surface area contributed by atoms with Crippen LogP contribution in [0.3, 0.4) is 0 Å². The van der Waals surface area contributed by atoms with Crippen molar-refractivity contribution >= 4 is 30.7 Å². The molecule has 3 rings (SSSR count). The van der Waals surface area contributed by atoms with Crippen LogP contribution in [-0.2, 0) is 0 Å². The minimum atomic E-state index is 0.390. The number of hydrogen-bond acceptors (Lipinski definition) is 0. The monoisotopic (exact) mass is 208 g/mol. The molecular weight excluding hydrogens is 196 g/mol. The van der Waals surface area contributed by atoms with Gasteiger partial charge < -0.3 is 0 Å². The summed E-state index contributed by atoms with van der Waals surface area (Å²) in [6.45, 7) is 2.30. The first-order chi connectivity index (χ1) is 7.40. The molecule has 3 aromatic rings. The molecule has 0 aliphatic rings. The molecule has 0 fully saturated rings. The minimum absolute atomic E-state index is 0.390. The van der Waals surface area contributed by atoms with E-state index in [0.717, 1.165) is 0 Å². The highest BCUT2D eigenvalue weighted by Gasteiger charge is 2.00. The molecule has 15 heavy (non-hydrogen) atoms. The molecule has 0 saturated heterocycles. The third kappa shape index (κ3) is 1.23. The Kier molecular flexibility index (Phi) is 1.93. The highest BCUT2D eigenvalue weighted by molar-refractivity contribution is 6.28. The van der Waals surface area contributed by atoms with Gasteiger partial charge in [0.05, 0.1) is 0 Å². The van der Waals surface area contributed by atoms with Gasteiger partial charge in [0.15, 0.2) is 0 Å². The quantitative estimate of drug-likeness (QED) is 0.496. The van der Waals surface area contributed by atoms with E-state index in [-0.39, 0.29) is 0 Å². The van der Waals surface area contributed by atoms with Crippen molar-refractivity contribution < 1.29 is 0 Å². The summed E-state index contributed by atoms with van der Waals surface area (Å²) >= 11 is 0. The van der Waals surface area contributed by atoms with Gasteiger partial charge in [0.1, 0.15) is 0 Å². The van der Waals surface area contributed by atoms with Gasteiger partial charge in [-0.3, -0.25) is 0 Å². The standard InChI is InChI=1S/C14H12Si/c1-15-13-9-8-11-5-2-4-10-6-3-7-12(13)14(10)11/h2-9,15H,1H3. The molecule has 0 aliphatic carbocycles. The third-order valence-electron chi connectivity index (χ3n) is 3.00. The molecule has 0 radical (unpaired) electrons.